The Balaban J connectivity index is 0. The van der Waals surface area contributed by atoms with Gasteiger partial charge in [-0.2, -0.15) is 5.26 Å². The van der Waals surface area contributed by atoms with E-state index < -0.39 is 0 Å². The highest BCUT2D eigenvalue weighted by atomic mass is 16.5. The summed E-state index contributed by atoms with van der Waals surface area (Å²) in [6.07, 6.45) is 3.84. The number of nitrogens with zero attached hydrogens (tertiary/aromatic N) is 1. The first kappa shape index (κ1) is 40.3. The van der Waals surface area contributed by atoms with Crippen molar-refractivity contribution in [2.75, 3.05) is 46.1 Å². The number of nitrogens with one attached hydrogen (secondary N) is 2. The van der Waals surface area contributed by atoms with E-state index in [0.29, 0.717) is 25.4 Å². The molecular weight excluding hydrogens is 518 g/mol. The van der Waals surface area contributed by atoms with Crippen molar-refractivity contribution in [3.8, 4) is 22.9 Å². The first-order valence-corrected chi connectivity index (χ1v) is 14.8. The van der Waals surface area contributed by atoms with Crippen molar-refractivity contribution in [3.63, 3.8) is 0 Å². The topological polar surface area (TPSA) is 113 Å². The third-order valence-corrected chi connectivity index (χ3v) is 5.28. The Hall–Kier alpha value is -2.80. The summed E-state index contributed by atoms with van der Waals surface area (Å²) in [7, 11) is 0. The maximum atomic E-state index is 10.9. The van der Waals surface area contributed by atoms with E-state index in [4.69, 9.17) is 24.6 Å². The lowest BCUT2D eigenvalue weighted by atomic mass is 10.0. The smallest absolute Gasteiger partial charge is 0.308 e. The largest absolute Gasteiger partial charge is 0.426 e. The Kier molecular flexibility index (Phi) is 28.3. The van der Waals surface area contributed by atoms with Crippen molar-refractivity contribution < 1.29 is 24.1 Å². The number of hydrogen-bond donors (Lipinski definition) is 3. The van der Waals surface area contributed by atoms with E-state index in [-0.39, 0.29) is 18.8 Å². The minimum Gasteiger partial charge on any atom is -0.426 e. The molecule has 41 heavy (non-hydrogen) atoms. The van der Waals surface area contributed by atoms with E-state index in [0.717, 1.165) is 42.9 Å². The summed E-state index contributed by atoms with van der Waals surface area (Å²) in [6, 6.07) is 16.1. The number of ether oxygens (including phenoxy) is 3. The van der Waals surface area contributed by atoms with Crippen molar-refractivity contribution in [3.05, 3.63) is 53.6 Å². The molecule has 0 spiro atoms. The third kappa shape index (κ3) is 22.6. The molecule has 8 nitrogen and oxygen atoms in total. The molecule has 8 heteroatoms. The molecule has 1 heterocycles. The SMILES string of the molecule is CC.CC(=O)Oc1ccc(-c2ccc(C)cc2)cc1C.CCCC.CCOC1COCCCN1.N#CCNCCO. The van der Waals surface area contributed by atoms with Gasteiger partial charge in [0.1, 0.15) is 12.0 Å². The summed E-state index contributed by atoms with van der Waals surface area (Å²) in [6.45, 7) is 20.0. The molecule has 0 aromatic heterocycles. The third-order valence-electron chi connectivity index (χ3n) is 5.28. The molecule has 1 saturated heterocycles. The van der Waals surface area contributed by atoms with Crippen LogP contribution >= 0.6 is 0 Å². The lowest BCUT2D eigenvalue weighted by molar-refractivity contribution is -0.131. The van der Waals surface area contributed by atoms with Crippen molar-refractivity contribution in [1.29, 1.82) is 5.26 Å². The lowest BCUT2D eigenvalue weighted by Gasteiger charge is -2.14. The number of rotatable bonds is 8. The van der Waals surface area contributed by atoms with Gasteiger partial charge < -0.3 is 24.6 Å². The molecule has 232 valence electrons. The van der Waals surface area contributed by atoms with E-state index in [1.54, 1.807) is 0 Å². The number of nitriles is 1. The Bertz CT molecular complexity index is 919. The average molecular weight is 574 g/mol. The van der Waals surface area contributed by atoms with Crippen LogP contribution in [-0.4, -0.2) is 63.4 Å². The molecule has 0 saturated carbocycles. The monoisotopic (exact) mass is 573 g/mol. The molecule has 2 aromatic carbocycles. The van der Waals surface area contributed by atoms with E-state index in [9.17, 15) is 4.79 Å². The van der Waals surface area contributed by atoms with E-state index in [1.165, 1.54) is 25.3 Å². The quantitative estimate of drug-likeness (QED) is 0.149. The Labute approximate surface area is 249 Å². The summed E-state index contributed by atoms with van der Waals surface area (Å²) in [5.41, 5.74) is 4.50. The maximum absolute atomic E-state index is 10.9. The molecule has 0 aliphatic carbocycles. The number of carbonyl (C=O) groups excluding carboxylic acids is 1. The summed E-state index contributed by atoms with van der Waals surface area (Å²) in [5.74, 6) is 0.333. The summed E-state index contributed by atoms with van der Waals surface area (Å²) in [5, 5.41) is 21.9. The van der Waals surface area contributed by atoms with Gasteiger partial charge in [-0.1, -0.05) is 76.4 Å². The summed E-state index contributed by atoms with van der Waals surface area (Å²) >= 11 is 0. The highest BCUT2D eigenvalue weighted by Crippen LogP contribution is 2.26. The van der Waals surface area contributed by atoms with Crippen molar-refractivity contribution in [2.24, 2.45) is 0 Å². The molecule has 1 fully saturated rings. The Morgan fingerprint density at radius 3 is 2.24 bits per heavy atom. The predicted molar refractivity (Wildman–Crippen MR) is 169 cm³/mol. The van der Waals surface area contributed by atoms with Crippen molar-refractivity contribution >= 4 is 5.97 Å². The van der Waals surface area contributed by atoms with Gasteiger partial charge in [0.25, 0.3) is 0 Å². The molecule has 1 unspecified atom stereocenters. The van der Waals surface area contributed by atoms with Gasteiger partial charge in [0.15, 0.2) is 0 Å². The van der Waals surface area contributed by atoms with Gasteiger partial charge in [-0.05, 0) is 62.6 Å². The molecule has 1 aliphatic rings. The van der Waals surface area contributed by atoms with Crippen LogP contribution in [0, 0.1) is 25.2 Å². The fourth-order valence-electron chi connectivity index (χ4n) is 3.06. The van der Waals surface area contributed by atoms with Gasteiger partial charge in [-0.15, -0.1) is 0 Å². The second kappa shape index (κ2) is 28.7. The number of aryl methyl sites for hydroxylation is 2. The fraction of sp³-hybridized carbons (Fsp3) is 0.576. The lowest BCUT2D eigenvalue weighted by Crippen LogP contribution is -2.34. The van der Waals surface area contributed by atoms with Gasteiger partial charge in [0.05, 0.1) is 25.8 Å². The van der Waals surface area contributed by atoms with Crippen LogP contribution in [0.5, 0.6) is 5.75 Å². The molecule has 1 atom stereocenters. The zero-order chi connectivity index (χ0) is 31.3. The maximum Gasteiger partial charge on any atom is 0.308 e. The summed E-state index contributed by atoms with van der Waals surface area (Å²) in [4.78, 5) is 10.9. The molecule has 0 bridgehead atoms. The first-order chi connectivity index (χ1) is 19.8. The minimum absolute atomic E-state index is 0.0989. The fourth-order valence-corrected chi connectivity index (χ4v) is 3.06. The van der Waals surface area contributed by atoms with Gasteiger partial charge in [-0.3, -0.25) is 10.1 Å². The zero-order valence-electron chi connectivity index (χ0n) is 26.7. The number of benzene rings is 2. The van der Waals surface area contributed by atoms with Crippen LogP contribution in [0.25, 0.3) is 11.1 Å². The number of aliphatic hydroxyl groups excluding tert-OH is 1. The molecular formula is C33H55N3O5. The number of carbonyl (C=O) groups is 1. The van der Waals surface area contributed by atoms with Crippen LogP contribution in [0.4, 0.5) is 0 Å². The molecule has 0 radical (unpaired) electrons. The van der Waals surface area contributed by atoms with Gasteiger partial charge in [0, 0.05) is 26.7 Å². The molecule has 3 rings (SSSR count). The van der Waals surface area contributed by atoms with E-state index >= 15 is 0 Å². The van der Waals surface area contributed by atoms with Gasteiger partial charge >= 0.3 is 5.97 Å². The molecule has 2 aromatic rings. The minimum atomic E-state index is -0.291. The number of esters is 1. The summed E-state index contributed by atoms with van der Waals surface area (Å²) < 4.78 is 15.7. The van der Waals surface area contributed by atoms with E-state index in [2.05, 4.69) is 55.7 Å². The first-order valence-electron chi connectivity index (χ1n) is 14.8. The Morgan fingerprint density at radius 1 is 1.10 bits per heavy atom. The standard InChI is InChI=1S/C16H16O2.C7H15NO2.C4H8N2O.C4H10.C2H6/c1-11-4-6-14(7-5-11)15-8-9-16(12(2)10-15)18-13(3)17;1-2-10-7-6-9-5-3-4-8-7;5-1-2-6-3-4-7;1-3-4-2;1-2/h4-10H,1-3H3;7-8H,2-6H2,1H3;6-7H,2-4H2;3-4H2,1-2H3;1-2H3. The van der Waals surface area contributed by atoms with Gasteiger partial charge in [-0.25, -0.2) is 0 Å². The van der Waals surface area contributed by atoms with Crippen LogP contribution in [0.15, 0.2) is 42.5 Å². The molecule has 3 N–H and O–H groups in total. The zero-order valence-corrected chi connectivity index (χ0v) is 26.7. The number of unbranched alkanes of at least 4 members (excludes halogenated alkanes) is 1. The van der Waals surface area contributed by atoms with Crippen molar-refractivity contribution in [2.45, 2.75) is 80.9 Å². The highest BCUT2D eigenvalue weighted by molar-refractivity contribution is 5.71. The van der Waals surface area contributed by atoms with Crippen LogP contribution in [0.1, 0.15) is 71.9 Å². The van der Waals surface area contributed by atoms with Crippen LogP contribution in [0.3, 0.4) is 0 Å². The normalized spacial score (nSPS) is 13.5. The number of aliphatic hydroxyl groups is 1. The second-order valence-corrected chi connectivity index (χ2v) is 8.83. The van der Waals surface area contributed by atoms with Crippen LogP contribution in [-0.2, 0) is 14.3 Å². The molecule has 1 aliphatic heterocycles. The van der Waals surface area contributed by atoms with E-state index in [1.807, 2.05) is 52.0 Å². The Morgan fingerprint density at radius 2 is 1.73 bits per heavy atom. The number of hydrogen-bond acceptors (Lipinski definition) is 8. The second-order valence-electron chi connectivity index (χ2n) is 8.83. The molecule has 0 amide bonds. The van der Waals surface area contributed by atoms with Gasteiger partial charge in [0.2, 0.25) is 0 Å². The van der Waals surface area contributed by atoms with Crippen molar-refractivity contribution in [1.82, 2.24) is 10.6 Å². The van der Waals surface area contributed by atoms with Crippen LogP contribution in [0.2, 0.25) is 0 Å². The predicted octanol–water partition coefficient (Wildman–Crippen LogP) is 6.18. The van der Waals surface area contributed by atoms with Crippen LogP contribution < -0.4 is 15.4 Å². The average Bonchev–Trinajstić information content (AvgIpc) is 3.26. The highest BCUT2D eigenvalue weighted by Gasteiger charge is 2.10.